The van der Waals surface area contributed by atoms with Gasteiger partial charge in [-0.25, -0.2) is 0 Å². The molecule has 0 radical (unpaired) electrons. The van der Waals surface area contributed by atoms with Crippen molar-refractivity contribution in [3.05, 3.63) is 0 Å². The van der Waals surface area contributed by atoms with E-state index < -0.39 is 0 Å². The molecule has 1 aliphatic rings. The molecule has 1 aliphatic carbocycles. The zero-order valence-electron chi connectivity index (χ0n) is 8.13. The van der Waals surface area contributed by atoms with Crippen molar-refractivity contribution in [1.29, 1.82) is 0 Å². The highest BCUT2D eigenvalue weighted by molar-refractivity contribution is 6.45. The third-order valence-electron chi connectivity index (χ3n) is 2.67. The van der Waals surface area contributed by atoms with E-state index in [0.29, 0.717) is 11.8 Å². The van der Waals surface area contributed by atoms with Crippen LogP contribution in [0.15, 0.2) is 0 Å². The maximum Gasteiger partial charge on any atom is 0.202 e. The van der Waals surface area contributed by atoms with Crippen LogP contribution in [0.4, 0.5) is 0 Å². The Morgan fingerprint density at radius 1 is 0.833 bits per heavy atom. The zero-order chi connectivity index (χ0) is 9.46. The minimum absolute atomic E-state index is 0.00231. The lowest BCUT2D eigenvalue weighted by atomic mass is 9.61. The van der Waals surface area contributed by atoms with Crippen molar-refractivity contribution in [2.45, 2.75) is 27.7 Å². The summed E-state index contributed by atoms with van der Waals surface area (Å²) in [7, 11) is 0. The Hall–Kier alpha value is -0.660. The van der Waals surface area contributed by atoms with Crippen molar-refractivity contribution in [3.63, 3.8) is 0 Å². The Balaban J connectivity index is 2.75. The molecule has 0 aliphatic heterocycles. The molecule has 68 valence electrons. The van der Waals surface area contributed by atoms with E-state index in [1.54, 1.807) is 0 Å². The lowest BCUT2D eigenvalue weighted by Gasteiger charge is -2.38. The quantitative estimate of drug-likeness (QED) is 0.588. The fraction of sp³-hybridized carbons (Fsp3) is 0.800. The van der Waals surface area contributed by atoms with Crippen LogP contribution >= 0.6 is 0 Å². The van der Waals surface area contributed by atoms with E-state index >= 15 is 0 Å². The summed E-state index contributed by atoms with van der Waals surface area (Å²) in [6, 6.07) is 0. The predicted molar refractivity (Wildman–Crippen MR) is 46.7 cm³/mol. The van der Waals surface area contributed by atoms with Crippen molar-refractivity contribution < 1.29 is 9.59 Å². The Morgan fingerprint density at radius 3 is 1.25 bits per heavy atom. The van der Waals surface area contributed by atoms with Crippen molar-refractivity contribution in [2.75, 3.05) is 0 Å². The van der Waals surface area contributed by atoms with Gasteiger partial charge in [-0.2, -0.15) is 0 Å². The number of carbonyl (C=O) groups is 2. The van der Waals surface area contributed by atoms with Gasteiger partial charge in [0.15, 0.2) is 0 Å². The smallest absolute Gasteiger partial charge is 0.202 e. The van der Waals surface area contributed by atoms with E-state index in [1.807, 2.05) is 27.7 Å². The molecule has 0 saturated heterocycles. The number of hydrogen-bond donors (Lipinski definition) is 0. The molecule has 0 N–H and O–H groups in total. The van der Waals surface area contributed by atoms with Crippen LogP contribution in [-0.2, 0) is 9.59 Å². The summed E-state index contributed by atoms with van der Waals surface area (Å²) in [4.78, 5) is 22.3. The van der Waals surface area contributed by atoms with Crippen LogP contribution in [-0.4, -0.2) is 11.6 Å². The van der Waals surface area contributed by atoms with Gasteiger partial charge in [-0.3, -0.25) is 9.59 Å². The highest BCUT2D eigenvalue weighted by atomic mass is 16.2. The molecule has 0 spiro atoms. The van der Waals surface area contributed by atoms with Gasteiger partial charge in [0.1, 0.15) is 0 Å². The molecule has 1 fully saturated rings. The average Bonchev–Trinajstić information content (AvgIpc) is 1.96. The summed E-state index contributed by atoms with van der Waals surface area (Å²) in [5, 5.41) is 0. The third kappa shape index (κ3) is 1.19. The lowest BCUT2D eigenvalue weighted by molar-refractivity contribution is -0.156. The van der Waals surface area contributed by atoms with E-state index in [9.17, 15) is 9.59 Å². The first-order valence-electron chi connectivity index (χ1n) is 4.54. The Kier molecular flexibility index (Phi) is 2.36. The molecule has 0 aromatic carbocycles. The van der Waals surface area contributed by atoms with Crippen LogP contribution in [0.1, 0.15) is 27.7 Å². The summed E-state index contributed by atoms with van der Waals surface area (Å²) in [5.74, 6) is 0.313. The van der Waals surface area contributed by atoms with E-state index in [1.165, 1.54) is 0 Å². The number of rotatable bonds is 2. The van der Waals surface area contributed by atoms with Crippen LogP contribution in [0.5, 0.6) is 0 Å². The molecular formula is C10H16O2. The number of hydrogen-bond acceptors (Lipinski definition) is 2. The first kappa shape index (κ1) is 9.43. The summed E-state index contributed by atoms with van der Waals surface area (Å²) in [6.45, 7) is 8.02. The molecular weight excluding hydrogens is 152 g/mol. The molecule has 0 bridgehead atoms. The summed E-state index contributed by atoms with van der Waals surface area (Å²) in [6.07, 6.45) is 0. The highest BCUT2D eigenvalue weighted by Gasteiger charge is 2.51. The maximum atomic E-state index is 11.2. The number of carbonyl (C=O) groups excluding carboxylic acids is 2. The van der Waals surface area contributed by atoms with Gasteiger partial charge in [-0.05, 0) is 11.8 Å². The fourth-order valence-electron chi connectivity index (χ4n) is 1.99. The van der Waals surface area contributed by atoms with Crippen LogP contribution < -0.4 is 0 Å². The van der Waals surface area contributed by atoms with Crippen molar-refractivity contribution >= 4 is 11.6 Å². The summed E-state index contributed by atoms with van der Waals surface area (Å²) >= 11 is 0. The van der Waals surface area contributed by atoms with Gasteiger partial charge in [0, 0.05) is 11.8 Å². The van der Waals surface area contributed by atoms with Gasteiger partial charge >= 0.3 is 0 Å². The SMILES string of the molecule is CC(C)C1C(=O)C(=O)C1C(C)C. The zero-order valence-corrected chi connectivity index (χ0v) is 8.13. The van der Waals surface area contributed by atoms with E-state index in [0.717, 1.165) is 0 Å². The monoisotopic (exact) mass is 168 g/mol. The molecule has 2 unspecified atom stereocenters. The second-order valence-electron chi connectivity index (χ2n) is 4.27. The molecule has 0 amide bonds. The minimum atomic E-state index is -0.149. The van der Waals surface area contributed by atoms with Gasteiger partial charge in [-0.15, -0.1) is 0 Å². The summed E-state index contributed by atoms with van der Waals surface area (Å²) in [5.41, 5.74) is 0. The predicted octanol–water partition coefficient (Wildman–Crippen LogP) is 1.68. The average molecular weight is 168 g/mol. The van der Waals surface area contributed by atoms with Crippen molar-refractivity contribution in [3.8, 4) is 0 Å². The van der Waals surface area contributed by atoms with Crippen LogP contribution in [0, 0.1) is 23.7 Å². The van der Waals surface area contributed by atoms with Crippen LogP contribution in [0.25, 0.3) is 0 Å². The minimum Gasteiger partial charge on any atom is -0.291 e. The maximum absolute atomic E-state index is 11.2. The Bertz CT molecular complexity index is 192. The van der Waals surface area contributed by atoms with Gasteiger partial charge in [0.25, 0.3) is 0 Å². The topological polar surface area (TPSA) is 34.1 Å². The van der Waals surface area contributed by atoms with Gasteiger partial charge in [-0.1, -0.05) is 27.7 Å². The second-order valence-corrected chi connectivity index (χ2v) is 4.27. The van der Waals surface area contributed by atoms with Crippen molar-refractivity contribution in [2.24, 2.45) is 23.7 Å². The Morgan fingerprint density at radius 2 is 1.08 bits per heavy atom. The largest absolute Gasteiger partial charge is 0.291 e. The van der Waals surface area contributed by atoms with Gasteiger partial charge < -0.3 is 0 Å². The Labute approximate surface area is 73.3 Å². The second kappa shape index (κ2) is 3.00. The molecule has 12 heavy (non-hydrogen) atoms. The lowest BCUT2D eigenvalue weighted by Crippen LogP contribution is -2.52. The normalized spacial score (nSPS) is 29.8. The molecule has 0 heterocycles. The number of Topliss-reactive ketones (excluding diaryl/α,β-unsaturated/α-hetero) is 2. The molecule has 0 aromatic rings. The van der Waals surface area contributed by atoms with Gasteiger partial charge in [0.2, 0.25) is 11.6 Å². The summed E-state index contributed by atoms with van der Waals surface area (Å²) < 4.78 is 0. The first-order chi connectivity index (χ1) is 5.46. The molecule has 1 saturated carbocycles. The molecule has 2 nitrogen and oxygen atoms in total. The van der Waals surface area contributed by atoms with Crippen molar-refractivity contribution in [1.82, 2.24) is 0 Å². The molecule has 2 heteroatoms. The van der Waals surface area contributed by atoms with E-state index in [4.69, 9.17) is 0 Å². The first-order valence-corrected chi connectivity index (χ1v) is 4.54. The molecule has 1 rings (SSSR count). The van der Waals surface area contributed by atoms with E-state index in [-0.39, 0.29) is 23.4 Å². The van der Waals surface area contributed by atoms with Gasteiger partial charge in [0.05, 0.1) is 0 Å². The highest BCUT2D eigenvalue weighted by Crippen LogP contribution is 2.38. The third-order valence-corrected chi connectivity index (χ3v) is 2.67. The van der Waals surface area contributed by atoms with Crippen LogP contribution in [0.2, 0.25) is 0 Å². The fourth-order valence-corrected chi connectivity index (χ4v) is 1.99. The molecule has 2 atom stereocenters. The molecule has 0 aromatic heterocycles. The number of ketones is 2. The van der Waals surface area contributed by atoms with Crippen LogP contribution in [0.3, 0.4) is 0 Å². The standard InChI is InChI=1S/C10H16O2/c1-5(2)7-8(6(3)4)10(12)9(7)11/h5-8H,1-4H3. The van der Waals surface area contributed by atoms with E-state index in [2.05, 4.69) is 0 Å².